The van der Waals surface area contributed by atoms with Crippen LogP contribution in [0.2, 0.25) is 31.3 Å². The van der Waals surface area contributed by atoms with Crippen LogP contribution in [0.15, 0.2) is 47.8 Å². The van der Waals surface area contributed by atoms with E-state index in [1.165, 1.54) is 24.7 Å². The molecule has 2 amide bonds. The molecule has 1 aliphatic heterocycles. The van der Waals surface area contributed by atoms with Gasteiger partial charge in [0, 0.05) is 11.6 Å². The van der Waals surface area contributed by atoms with Crippen LogP contribution in [0.1, 0.15) is 58.9 Å². The molecule has 0 unspecified atom stereocenters. The summed E-state index contributed by atoms with van der Waals surface area (Å²) in [5.41, 5.74) is 16.3. The molecule has 6 heterocycles. The van der Waals surface area contributed by atoms with Gasteiger partial charge >= 0.3 is 6.03 Å². The summed E-state index contributed by atoms with van der Waals surface area (Å²) in [4.78, 5) is 58.3. The van der Waals surface area contributed by atoms with E-state index in [1.54, 1.807) is 32.6 Å². The Bertz CT molecular complexity index is 2460. The first-order valence-corrected chi connectivity index (χ1v) is 19.7. The van der Waals surface area contributed by atoms with Crippen molar-refractivity contribution in [2.45, 2.75) is 60.0 Å². The second-order valence-electron chi connectivity index (χ2n) is 12.5. The Labute approximate surface area is 374 Å². The molecule has 314 valence electrons. The van der Waals surface area contributed by atoms with Crippen molar-refractivity contribution in [1.29, 1.82) is 0 Å². The number of aryl methyl sites for hydroxylation is 5. The number of nitrogen functional groups attached to an aromatic ring is 2. The summed E-state index contributed by atoms with van der Waals surface area (Å²) in [5.74, 6) is 1.58. The van der Waals surface area contributed by atoms with E-state index in [-0.39, 0.29) is 38.4 Å². The van der Waals surface area contributed by atoms with Crippen molar-refractivity contribution in [3.05, 3.63) is 114 Å². The molecular formula is C36H36Cl6N16O2. The lowest BCUT2D eigenvalue weighted by atomic mass is 10.2. The van der Waals surface area contributed by atoms with Gasteiger partial charge in [0.25, 0.3) is 0 Å². The van der Waals surface area contributed by atoms with Crippen molar-refractivity contribution in [2.75, 3.05) is 23.3 Å². The summed E-state index contributed by atoms with van der Waals surface area (Å²) in [6, 6.07) is 7.31. The number of aromatic nitrogens is 11. The fourth-order valence-electron chi connectivity index (χ4n) is 5.19. The van der Waals surface area contributed by atoms with Gasteiger partial charge in [-0.1, -0.05) is 35.3 Å². The molecule has 6 aromatic rings. The Balaban J connectivity index is 0.000000214. The lowest BCUT2D eigenvalue weighted by molar-refractivity contribution is 0.203. The third-order valence-corrected chi connectivity index (χ3v) is 9.62. The molecule has 0 radical (unpaired) electrons. The summed E-state index contributed by atoms with van der Waals surface area (Å²) in [6.07, 6.45) is 7.48. The molecular weight excluding hydrogens is 901 g/mol. The van der Waals surface area contributed by atoms with Gasteiger partial charge in [0.15, 0.2) is 11.0 Å². The molecule has 1 aromatic carbocycles. The predicted molar refractivity (Wildman–Crippen MR) is 232 cm³/mol. The van der Waals surface area contributed by atoms with Crippen LogP contribution in [0.4, 0.5) is 27.5 Å². The first kappa shape index (κ1) is 47.3. The van der Waals surface area contributed by atoms with E-state index in [9.17, 15) is 9.59 Å². The molecule has 0 spiro atoms. The van der Waals surface area contributed by atoms with Crippen molar-refractivity contribution in [3.8, 4) is 0 Å². The monoisotopic (exact) mass is 934 g/mol. The van der Waals surface area contributed by atoms with E-state index in [4.69, 9.17) is 81.1 Å². The number of likely N-dealkylation sites (tertiary alicyclic amines) is 1. The van der Waals surface area contributed by atoms with E-state index in [0.29, 0.717) is 57.9 Å². The van der Waals surface area contributed by atoms with Gasteiger partial charge in [-0.2, -0.15) is 4.99 Å². The number of rotatable bonds is 5. The molecule has 18 nitrogen and oxygen atoms in total. The largest absolute Gasteiger partial charge is 0.396 e. The van der Waals surface area contributed by atoms with Gasteiger partial charge in [-0.05, 0) is 112 Å². The second-order valence-corrected chi connectivity index (χ2v) is 14.7. The third-order valence-electron chi connectivity index (χ3n) is 8.36. The van der Waals surface area contributed by atoms with Gasteiger partial charge < -0.3 is 26.3 Å². The second kappa shape index (κ2) is 22.3. The van der Waals surface area contributed by atoms with Gasteiger partial charge in [0.1, 0.15) is 11.5 Å². The molecule has 1 atom stereocenters. The summed E-state index contributed by atoms with van der Waals surface area (Å²) in [7, 11) is 0. The number of nitrogens with two attached hydrogens (primary N) is 2. The van der Waals surface area contributed by atoms with Gasteiger partial charge in [-0.3, -0.25) is 0 Å². The SMILES string of the molecule is Cc1nc(Cl)nc(Cl)c1N.Cc1nc(Cl)ncc1N.Cc1nc(Cl)ncc1N=C=O.Cc1nc(Cl)ncc1NC(=O)N1CCC[C@@H]1c1nnc(C)n1Cc1ccc(Cl)cc1. The highest BCUT2D eigenvalue weighted by atomic mass is 35.5. The number of hydrogen-bond acceptors (Lipinski definition) is 15. The molecule has 0 saturated carbocycles. The Morgan fingerprint density at radius 3 is 1.97 bits per heavy atom. The summed E-state index contributed by atoms with van der Waals surface area (Å²) in [6.45, 7) is 10.1. The number of urea groups is 1. The molecule has 5 aromatic heterocycles. The van der Waals surface area contributed by atoms with Crippen molar-refractivity contribution >= 4 is 104 Å². The number of aliphatic imine (C=N–C) groups is 1. The van der Waals surface area contributed by atoms with E-state index < -0.39 is 0 Å². The van der Waals surface area contributed by atoms with Crippen LogP contribution in [0.3, 0.4) is 0 Å². The fourth-order valence-corrected chi connectivity index (χ4v) is 6.32. The number of nitrogens with one attached hydrogen (secondary N) is 1. The van der Waals surface area contributed by atoms with Crippen LogP contribution in [-0.4, -0.2) is 78.2 Å². The minimum atomic E-state index is -0.217. The molecule has 7 rings (SSSR count). The maximum Gasteiger partial charge on any atom is 0.322 e. The molecule has 5 N–H and O–H groups in total. The summed E-state index contributed by atoms with van der Waals surface area (Å²) < 4.78 is 2.05. The van der Waals surface area contributed by atoms with E-state index in [0.717, 1.165) is 35.7 Å². The Hall–Kier alpha value is -5.33. The Morgan fingerprint density at radius 1 is 0.783 bits per heavy atom. The molecule has 24 heteroatoms. The minimum Gasteiger partial charge on any atom is -0.396 e. The van der Waals surface area contributed by atoms with Crippen LogP contribution >= 0.6 is 69.6 Å². The lowest BCUT2D eigenvalue weighted by Crippen LogP contribution is -2.36. The molecule has 0 aliphatic carbocycles. The standard InChI is InChI=1S/C20H21Cl2N7O.C6H4ClN3O.C5H5Cl2N3.C5H6ClN3/c1-12-16(10-23-19(22)24-12)25-20(30)28-9-3-4-17(28)18-27-26-13(2)29(18)11-14-5-7-15(21)8-6-14;1-4-5(9-3-11)2-8-6(7)10-4;1-2-3(8)4(6)10-5(7)9-2;1-3-4(7)2-8-5(6)9-3/h5-8,10,17H,3-4,9,11H2,1-2H3,(H,25,30);2H,1H3;8H2,1H3;2H,7H2,1H3/t17-;;;/m1.../s1. The van der Waals surface area contributed by atoms with Crippen molar-refractivity contribution in [2.24, 2.45) is 4.99 Å². The zero-order valence-corrected chi connectivity index (χ0v) is 37.0. The highest BCUT2D eigenvalue weighted by Gasteiger charge is 2.34. The normalized spacial score (nSPS) is 12.8. The maximum atomic E-state index is 13.0. The smallest absolute Gasteiger partial charge is 0.322 e. The zero-order chi connectivity index (χ0) is 44.1. The molecule has 1 saturated heterocycles. The van der Waals surface area contributed by atoms with Crippen LogP contribution in [0.5, 0.6) is 0 Å². The van der Waals surface area contributed by atoms with Crippen molar-refractivity contribution in [1.82, 2.24) is 59.5 Å². The first-order chi connectivity index (χ1) is 28.5. The topological polar surface area (TPSA) is 248 Å². The van der Waals surface area contributed by atoms with E-state index in [1.807, 2.05) is 31.2 Å². The number of nitrogens with zero attached hydrogens (tertiary/aromatic N) is 13. The number of carbonyl (C=O) groups excluding carboxylic acids is 2. The highest BCUT2D eigenvalue weighted by molar-refractivity contribution is 6.33. The molecule has 1 fully saturated rings. The number of benzene rings is 1. The quantitative estimate of drug-likeness (QED) is 0.0635. The Morgan fingerprint density at radius 2 is 1.38 bits per heavy atom. The number of isocyanates is 1. The van der Waals surface area contributed by atoms with Gasteiger partial charge in [-0.25, -0.2) is 49.5 Å². The predicted octanol–water partition coefficient (Wildman–Crippen LogP) is 8.51. The summed E-state index contributed by atoms with van der Waals surface area (Å²) >= 11 is 33.7. The number of hydrogen-bond donors (Lipinski definition) is 3. The maximum absolute atomic E-state index is 13.0. The van der Waals surface area contributed by atoms with E-state index in [2.05, 4.69) is 64.9 Å². The number of carbonyl (C=O) groups is 1. The number of amides is 2. The molecule has 1 aliphatic rings. The van der Waals surface area contributed by atoms with Crippen molar-refractivity contribution < 1.29 is 9.59 Å². The van der Waals surface area contributed by atoms with Crippen LogP contribution < -0.4 is 16.8 Å². The van der Waals surface area contributed by atoms with Crippen molar-refractivity contribution in [3.63, 3.8) is 0 Å². The average Bonchev–Trinajstić information content (AvgIpc) is 3.83. The van der Waals surface area contributed by atoms with Gasteiger partial charge in [-0.15, -0.1) is 10.2 Å². The molecule has 0 bridgehead atoms. The average molecular weight is 938 g/mol. The van der Waals surface area contributed by atoms with Crippen LogP contribution in [0, 0.1) is 34.6 Å². The number of halogens is 6. The summed E-state index contributed by atoms with van der Waals surface area (Å²) in [5, 5.41) is 13.1. The van der Waals surface area contributed by atoms with Crippen LogP contribution in [-0.2, 0) is 11.3 Å². The van der Waals surface area contributed by atoms with E-state index >= 15 is 0 Å². The lowest BCUT2D eigenvalue weighted by Gasteiger charge is -2.25. The first-order valence-electron chi connectivity index (χ1n) is 17.4. The van der Waals surface area contributed by atoms with Gasteiger partial charge in [0.05, 0.1) is 71.0 Å². The minimum absolute atomic E-state index is 0.122. The highest BCUT2D eigenvalue weighted by Crippen LogP contribution is 2.32. The van der Waals surface area contributed by atoms with Gasteiger partial charge in [0.2, 0.25) is 27.2 Å². The molecule has 60 heavy (non-hydrogen) atoms. The third kappa shape index (κ3) is 13.6. The Kier molecular flexibility index (Phi) is 17.6. The number of anilines is 3. The van der Waals surface area contributed by atoms with Crippen LogP contribution in [0.25, 0.3) is 0 Å². The zero-order valence-electron chi connectivity index (χ0n) is 32.5. The fraction of sp³-hybridized carbons (Fsp3) is 0.278.